The Balaban J connectivity index is 2.73. The Morgan fingerprint density at radius 3 is 2.65 bits per heavy atom. The molecule has 1 aromatic carbocycles. The summed E-state index contributed by atoms with van der Waals surface area (Å²) in [6, 6.07) is 8.11. The number of nitrogens with one attached hydrogen (secondary N) is 1. The molecule has 0 fully saturated rings. The van der Waals surface area contributed by atoms with Crippen molar-refractivity contribution < 1.29 is 5.11 Å². The number of anilines is 1. The Morgan fingerprint density at radius 2 is 2.12 bits per heavy atom. The van der Waals surface area contributed by atoms with Gasteiger partial charge in [-0.3, -0.25) is 0 Å². The summed E-state index contributed by atoms with van der Waals surface area (Å²) in [5, 5.41) is 12.6. The summed E-state index contributed by atoms with van der Waals surface area (Å²) in [7, 11) is 1.92. The van der Waals surface area contributed by atoms with Gasteiger partial charge in [-0.2, -0.15) is 0 Å². The number of rotatable bonds is 5. The number of aliphatic hydroxyl groups is 1. The lowest BCUT2D eigenvalue weighted by Crippen LogP contribution is -2.44. The predicted octanol–water partition coefficient (Wildman–Crippen LogP) is 2.58. The SMILES string of the molecule is C=C(Nc1cccc(C)c1)N(C)C(C)(C)CO. The van der Waals surface area contributed by atoms with E-state index in [1.54, 1.807) is 0 Å². The lowest BCUT2D eigenvalue weighted by atomic mass is 10.1. The van der Waals surface area contributed by atoms with E-state index in [0.29, 0.717) is 0 Å². The summed E-state index contributed by atoms with van der Waals surface area (Å²) in [4.78, 5) is 1.94. The van der Waals surface area contributed by atoms with E-state index in [1.165, 1.54) is 5.56 Å². The predicted molar refractivity (Wildman–Crippen MR) is 72.9 cm³/mol. The summed E-state index contributed by atoms with van der Waals surface area (Å²) in [5.41, 5.74) is 1.89. The minimum Gasteiger partial charge on any atom is -0.394 e. The largest absolute Gasteiger partial charge is 0.394 e. The molecule has 1 rings (SSSR count). The van der Waals surface area contributed by atoms with E-state index in [9.17, 15) is 5.11 Å². The molecule has 17 heavy (non-hydrogen) atoms. The molecule has 1 aromatic rings. The zero-order valence-electron chi connectivity index (χ0n) is 11.1. The third-order valence-corrected chi connectivity index (χ3v) is 3.01. The summed E-state index contributed by atoms with van der Waals surface area (Å²) in [6.07, 6.45) is 0. The van der Waals surface area contributed by atoms with Crippen LogP contribution in [-0.4, -0.2) is 29.2 Å². The molecule has 0 aliphatic rings. The average molecular weight is 234 g/mol. The van der Waals surface area contributed by atoms with E-state index < -0.39 is 0 Å². The van der Waals surface area contributed by atoms with Crippen molar-refractivity contribution in [2.24, 2.45) is 0 Å². The molecular weight excluding hydrogens is 212 g/mol. The molecule has 0 aromatic heterocycles. The summed E-state index contributed by atoms with van der Waals surface area (Å²) < 4.78 is 0. The van der Waals surface area contributed by atoms with Gasteiger partial charge in [-0.05, 0) is 38.5 Å². The van der Waals surface area contributed by atoms with E-state index in [1.807, 2.05) is 37.9 Å². The van der Waals surface area contributed by atoms with Crippen LogP contribution in [-0.2, 0) is 0 Å². The zero-order chi connectivity index (χ0) is 13.1. The number of hydrogen-bond acceptors (Lipinski definition) is 3. The van der Waals surface area contributed by atoms with E-state index in [2.05, 4.69) is 31.0 Å². The molecule has 94 valence electrons. The highest BCUT2D eigenvalue weighted by Gasteiger charge is 2.23. The molecule has 0 unspecified atom stereocenters. The maximum atomic E-state index is 9.31. The highest BCUT2D eigenvalue weighted by molar-refractivity contribution is 5.49. The molecular formula is C14H22N2O. The maximum Gasteiger partial charge on any atom is 0.0986 e. The molecule has 3 heteroatoms. The second-order valence-electron chi connectivity index (χ2n) is 4.97. The summed E-state index contributed by atoms with van der Waals surface area (Å²) in [5.74, 6) is 0.773. The third kappa shape index (κ3) is 3.49. The Bertz CT molecular complexity index is 399. The highest BCUT2D eigenvalue weighted by atomic mass is 16.3. The molecule has 0 aliphatic carbocycles. The molecule has 0 spiro atoms. The van der Waals surface area contributed by atoms with Crippen molar-refractivity contribution in [2.75, 3.05) is 19.0 Å². The van der Waals surface area contributed by atoms with Gasteiger partial charge in [0.05, 0.1) is 18.0 Å². The third-order valence-electron chi connectivity index (χ3n) is 3.01. The Kier molecular flexibility index (Phi) is 4.18. The smallest absolute Gasteiger partial charge is 0.0986 e. The number of aliphatic hydroxyl groups excluding tert-OH is 1. The van der Waals surface area contributed by atoms with E-state index in [0.717, 1.165) is 11.5 Å². The van der Waals surface area contributed by atoms with Crippen LogP contribution in [0.3, 0.4) is 0 Å². The number of benzene rings is 1. The molecule has 0 bridgehead atoms. The van der Waals surface area contributed by atoms with Gasteiger partial charge in [0.25, 0.3) is 0 Å². The monoisotopic (exact) mass is 234 g/mol. The van der Waals surface area contributed by atoms with Crippen LogP contribution in [0.15, 0.2) is 36.7 Å². The van der Waals surface area contributed by atoms with E-state index in [4.69, 9.17) is 0 Å². The lowest BCUT2D eigenvalue weighted by molar-refractivity contribution is 0.107. The van der Waals surface area contributed by atoms with Crippen molar-refractivity contribution in [1.82, 2.24) is 4.90 Å². The van der Waals surface area contributed by atoms with Gasteiger partial charge in [0.15, 0.2) is 0 Å². The minimum absolute atomic E-state index is 0.0814. The number of aryl methyl sites for hydroxylation is 1. The fourth-order valence-corrected chi connectivity index (χ4v) is 1.44. The molecule has 0 radical (unpaired) electrons. The van der Waals surface area contributed by atoms with Crippen molar-refractivity contribution in [1.29, 1.82) is 0 Å². The fourth-order valence-electron chi connectivity index (χ4n) is 1.44. The Labute approximate surface area is 104 Å². The van der Waals surface area contributed by atoms with Crippen LogP contribution in [0.1, 0.15) is 19.4 Å². The van der Waals surface area contributed by atoms with Crippen LogP contribution in [0.2, 0.25) is 0 Å². The van der Waals surface area contributed by atoms with Gasteiger partial charge in [0, 0.05) is 12.7 Å². The second-order valence-corrected chi connectivity index (χ2v) is 4.97. The van der Waals surface area contributed by atoms with Crippen LogP contribution in [0.5, 0.6) is 0 Å². The van der Waals surface area contributed by atoms with Crippen LogP contribution in [0, 0.1) is 6.92 Å². The first kappa shape index (κ1) is 13.6. The standard InChI is InChI=1S/C14H22N2O/c1-11-7-6-8-13(9-11)15-12(2)16(5)14(3,4)10-17/h6-9,15,17H,2,10H2,1,3-5H3. The Morgan fingerprint density at radius 1 is 1.47 bits per heavy atom. The number of hydrogen-bond donors (Lipinski definition) is 2. The Hall–Kier alpha value is -1.48. The minimum atomic E-state index is -0.325. The van der Waals surface area contributed by atoms with Crippen molar-refractivity contribution in [2.45, 2.75) is 26.3 Å². The van der Waals surface area contributed by atoms with Crippen molar-refractivity contribution in [3.63, 3.8) is 0 Å². The van der Waals surface area contributed by atoms with E-state index in [-0.39, 0.29) is 12.1 Å². The molecule has 0 saturated heterocycles. The van der Waals surface area contributed by atoms with Crippen LogP contribution >= 0.6 is 0 Å². The van der Waals surface area contributed by atoms with Gasteiger partial charge in [-0.1, -0.05) is 18.7 Å². The van der Waals surface area contributed by atoms with Gasteiger partial charge < -0.3 is 15.3 Å². The lowest BCUT2D eigenvalue weighted by Gasteiger charge is -2.37. The van der Waals surface area contributed by atoms with Gasteiger partial charge in [-0.15, -0.1) is 0 Å². The zero-order valence-corrected chi connectivity index (χ0v) is 11.1. The molecule has 0 saturated carbocycles. The van der Waals surface area contributed by atoms with Crippen molar-refractivity contribution in [3.05, 3.63) is 42.2 Å². The molecule has 2 N–H and O–H groups in total. The molecule has 0 amide bonds. The molecule has 3 nitrogen and oxygen atoms in total. The average Bonchev–Trinajstić information content (AvgIpc) is 2.28. The summed E-state index contributed by atoms with van der Waals surface area (Å²) >= 11 is 0. The summed E-state index contributed by atoms with van der Waals surface area (Å²) in [6.45, 7) is 10.1. The topological polar surface area (TPSA) is 35.5 Å². The van der Waals surface area contributed by atoms with Crippen LogP contribution in [0.25, 0.3) is 0 Å². The molecule has 0 aliphatic heterocycles. The number of likely N-dealkylation sites (N-methyl/N-ethyl adjacent to an activating group) is 1. The van der Waals surface area contributed by atoms with Gasteiger partial charge in [0.2, 0.25) is 0 Å². The van der Waals surface area contributed by atoms with Crippen LogP contribution < -0.4 is 5.32 Å². The van der Waals surface area contributed by atoms with Gasteiger partial charge in [0.1, 0.15) is 0 Å². The molecule has 0 atom stereocenters. The normalized spacial score (nSPS) is 11.1. The van der Waals surface area contributed by atoms with Gasteiger partial charge in [-0.25, -0.2) is 0 Å². The first-order valence-corrected chi connectivity index (χ1v) is 5.74. The first-order valence-electron chi connectivity index (χ1n) is 5.74. The van der Waals surface area contributed by atoms with Crippen molar-refractivity contribution >= 4 is 5.69 Å². The fraction of sp³-hybridized carbons (Fsp3) is 0.429. The second kappa shape index (κ2) is 5.23. The van der Waals surface area contributed by atoms with Gasteiger partial charge >= 0.3 is 0 Å². The van der Waals surface area contributed by atoms with Crippen LogP contribution in [0.4, 0.5) is 5.69 Å². The number of nitrogens with zero attached hydrogens (tertiary/aromatic N) is 1. The maximum absolute atomic E-state index is 9.31. The van der Waals surface area contributed by atoms with Crippen molar-refractivity contribution in [3.8, 4) is 0 Å². The molecule has 0 heterocycles. The quantitative estimate of drug-likeness (QED) is 0.822. The highest BCUT2D eigenvalue weighted by Crippen LogP contribution is 2.19. The first-order chi connectivity index (χ1) is 7.86. The van der Waals surface area contributed by atoms with E-state index >= 15 is 0 Å².